The molecule has 0 N–H and O–H groups in total. The summed E-state index contributed by atoms with van der Waals surface area (Å²) in [5.74, 6) is 0.0583. The van der Waals surface area contributed by atoms with Crippen molar-refractivity contribution in [2.45, 2.75) is 51.5 Å². The van der Waals surface area contributed by atoms with Crippen LogP contribution in [0.1, 0.15) is 66.3 Å². The Kier molecular flexibility index (Phi) is 5.40. The van der Waals surface area contributed by atoms with Crippen LogP contribution in [0.4, 0.5) is 0 Å². The summed E-state index contributed by atoms with van der Waals surface area (Å²) < 4.78 is 0. The van der Waals surface area contributed by atoms with E-state index < -0.39 is 12.0 Å². The fourth-order valence-electron chi connectivity index (χ4n) is 3.43. The van der Waals surface area contributed by atoms with E-state index in [-0.39, 0.29) is 5.70 Å². The van der Waals surface area contributed by atoms with Crippen molar-refractivity contribution in [1.82, 2.24) is 0 Å². The molecule has 0 fully saturated rings. The molecule has 2 aromatic heterocycles. The lowest BCUT2D eigenvalue weighted by molar-refractivity contribution is 0.826. The molecule has 138 valence electrons. The molecule has 1 aliphatic rings. The van der Waals surface area contributed by atoms with Crippen molar-refractivity contribution in [1.29, 1.82) is 10.5 Å². The van der Waals surface area contributed by atoms with E-state index in [0.717, 1.165) is 20.9 Å². The molecule has 1 aliphatic carbocycles. The highest BCUT2D eigenvalue weighted by molar-refractivity contribution is 7.22. The van der Waals surface area contributed by atoms with Crippen molar-refractivity contribution < 1.29 is 0 Å². The second-order valence-electron chi connectivity index (χ2n) is 7.30. The monoisotopic (exact) mass is 402 g/mol. The van der Waals surface area contributed by atoms with Crippen molar-refractivity contribution in [2.24, 2.45) is 0 Å². The van der Waals surface area contributed by atoms with Crippen molar-refractivity contribution in [2.75, 3.05) is 0 Å². The maximum Gasteiger partial charge on any atom is 0.316 e. The normalized spacial score (nSPS) is 17.7. The lowest BCUT2D eigenvalue weighted by Gasteiger charge is -2.25. The number of hydrogen-bond acceptors (Lipinski definition) is 4. The third-order valence-electron chi connectivity index (χ3n) is 4.87. The summed E-state index contributed by atoms with van der Waals surface area (Å²) in [6, 6.07) is 7.27. The molecule has 0 aliphatic heterocycles. The number of rotatable bonds is 3. The van der Waals surface area contributed by atoms with Crippen LogP contribution in [0.15, 0.2) is 17.8 Å². The van der Waals surface area contributed by atoms with Crippen LogP contribution < -0.4 is 0 Å². The number of hydrogen-bond donors (Lipinski definition) is 0. The van der Waals surface area contributed by atoms with Gasteiger partial charge in [-0.3, -0.25) is 4.85 Å². The predicted molar refractivity (Wildman–Crippen MR) is 114 cm³/mol. The first-order chi connectivity index (χ1) is 13.4. The van der Waals surface area contributed by atoms with Crippen LogP contribution in [0.25, 0.3) is 25.0 Å². The van der Waals surface area contributed by atoms with Gasteiger partial charge in [-0.25, -0.2) is 16.7 Å². The molecule has 0 bridgehead atoms. The Morgan fingerprint density at radius 1 is 1.04 bits per heavy atom. The molecule has 2 unspecified atom stereocenters. The molecule has 0 amide bonds. The Balaban J connectivity index is 2.46. The molecule has 0 saturated heterocycles. The molecule has 0 saturated carbocycles. The van der Waals surface area contributed by atoms with Gasteiger partial charge in [-0.15, -0.1) is 22.7 Å². The van der Waals surface area contributed by atoms with E-state index in [4.69, 9.17) is 13.1 Å². The van der Waals surface area contributed by atoms with Crippen LogP contribution in [0.2, 0.25) is 0 Å². The van der Waals surface area contributed by atoms with Gasteiger partial charge in [-0.1, -0.05) is 27.7 Å². The van der Waals surface area contributed by atoms with E-state index in [1.165, 1.54) is 9.75 Å². The highest BCUT2D eigenvalue weighted by Crippen LogP contribution is 2.56. The van der Waals surface area contributed by atoms with Gasteiger partial charge < -0.3 is 0 Å². The molecule has 0 aromatic carbocycles. The maximum absolute atomic E-state index is 9.67. The van der Waals surface area contributed by atoms with Crippen molar-refractivity contribution in [3.8, 4) is 21.9 Å². The van der Waals surface area contributed by atoms with Crippen molar-refractivity contribution >= 4 is 28.2 Å². The summed E-state index contributed by atoms with van der Waals surface area (Å²) in [5.41, 5.74) is 2.28. The third kappa shape index (κ3) is 3.02. The summed E-state index contributed by atoms with van der Waals surface area (Å²) in [5, 5.41) is 19.3. The van der Waals surface area contributed by atoms with Gasteiger partial charge in [0.2, 0.25) is 0 Å². The van der Waals surface area contributed by atoms with Crippen LogP contribution in [0, 0.1) is 35.8 Å². The van der Waals surface area contributed by atoms with Crippen molar-refractivity contribution in [3.05, 3.63) is 61.5 Å². The van der Waals surface area contributed by atoms with Gasteiger partial charge >= 0.3 is 6.04 Å². The first-order valence-electron chi connectivity index (χ1n) is 8.93. The smallest absolute Gasteiger partial charge is 0.296 e. The van der Waals surface area contributed by atoms with Crippen LogP contribution in [0.3, 0.4) is 0 Å². The minimum atomic E-state index is -0.969. The van der Waals surface area contributed by atoms with E-state index in [0.29, 0.717) is 17.4 Å². The molecule has 0 spiro atoms. The van der Waals surface area contributed by atoms with Gasteiger partial charge in [-0.2, -0.15) is 5.26 Å². The molecule has 2 aromatic rings. The van der Waals surface area contributed by atoms with E-state index in [2.05, 4.69) is 49.5 Å². The topological polar surface area (TPSA) is 56.3 Å². The Bertz CT molecular complexity index is 1100. The Morgan fingerprint density at radius 3 is 2.14 bits per heavy atom. The molecule has 6 heteroatoms. The zero-order valence-corrected chi connectivity index (χ0v) is 17.7. The van der Waals surface area contributed by atoms with Crippen LogP contribution in [0.5, 0.6) is 0 Å². The van der Waals surface area contributed by atoms with Crippen LogP contribution >= 0.6 is 22.7 Å². The Labute approximate surface area is 173 Å². The lowest BCUT2D eigenvalue weighted by atomic mass is 9.77. The molecule has 3 rings (SSSR count). The quantitative estimate of drug-likeness (QED) is 0.419. The number of nitriles is 2. The highest BCUT2D eigenvalue weighted by Gasteiger charge is 2.42. The number of fused-ring (bicyclic) bond motifs is 3. The molecule has 2 atom stereocenters. The van der Waals surface area contributed by atoms with Crippen LogP contribution in [-0.4, -0.2) is 6.04 Å². The number of allylic oxidation sites excluding steroid dienone is 1. The summed E-state index contributed by atoms with van der Waals surface area (Å²) in [6.45, 7) is 23.5. The van der Waals surface area contributed by atoms with Gasteiger partial charge in [0.05, 0.1) is 23.4 Å². The van der Waals surface area contributed by atoms with E-state index in [1.54, 1.807) is 22.7 Å². The van der Waals surface area contributed by atoms with E-state index in [1.807, 2.05) is 12.1 Å². The SMILES string of the molecule is [C-]#[N+]/C(C#N)=C1\c2cc(C(C)C)sc2-c2sc(C(C)C)cc2C1C(C#N)[N+]#[C-]. The second kappa shape index (κ2) is 7.61. The third-order valence-corrected chi connectivity index (χ3v) is 7.92. The standard InChI is InChI=1S/C22H18N4S2/c1-11(2)17-7-13-19(15(9-23)25-5)20(16(10-24)26-6)14-8-18(12(3)4)28-22(14)21(13)27-17/h7-8,11-12,15,19H,1-4H3/b20-16+. The Hall–Kier alpha value is -2.90. The minimum absolute atomic E-state index is 0.0220. The summed E-state index contributed by atoms with van der Waals surface area (Å²) in [7, 11) is 0. The zero-order chi connectivity index (χ0) is 20.6. The Morgan fingerprint density at radius 2 is 1.64 bits per heavy atom. The van der Waals surface area contributed by atoms with Gasteiger partial charge in [0.1, 0.15) is 0 Å². The first-order valence-corrected chi connectivity index (χ1v) is 10.6. The highest BCUT2D eigenvalue weighted by atomic mass is 32.1. The largest absolute Gasteiger partial charge is 0.316 e. The number of thiophene rings is 2. The fourth-order valence-corrected chi connectivity index (χ4v) is 5.98. The first kappa shape index (κ1) is 19.9. The average molecular weight is 403 g/mol. The van der Waals surface area contributed by atoms with Gasteiger partial charge in [0, 0.05) is 14.6 Å². The molecule has 4 nitrogen and oxygen atoms in total. The summed E-state index contributed by atoms with van der Waals surface area (Å²) >= 11 is 3.38. The molecular weight excluding hydrogens is 384 g/mol. The van der Waals surface area contributed by atoms with Crippen molar-refractivity contribution in [3.63, 3.8) is 0 Å². The molecule has 28 heavy (non-hydrogen) atoms. The van der Waals surface area contributed by atoms with Gasteiger partial charge in [0.15, 0.2) is 6.07 Å². The summed E-state index contributed by atoms with van der Waals surface area (Å²) in [6.07, 6.45) is 0. The summed E-state index contributed by atoms with van der Waals surface area (Å²) in [4.78, 5) is 11.5. The molecule has 2 heterocycles. The average Bonchev–Trinajstić information content (AvgIpc) is 3.29. The number of nitrogens with zero attached hydrogens (tertiary/aromatic N) is 4. The molecular formula is C22H18N4S2. The maximum atomic E-state index is 9.67. The van der Waals surface area contributed by atoms with Gasteiger partial charge in [-0.05, 0) is 40.7 Å². The van der Waals surface area contributed by atoms with E-state index >= 15 is 0 Å². The minimum Gasteiger partial charge on any atom is -0.296 e. The predicted octanol–water partition coefficient (Wildman–Crippen LogP) is 6.79. The lowest BCUT2D eigenvalue weighted by Crippen LogP contribution is -2.19. The fraction of sp³-hybridized carbons (Fsp3) is 0.364. The van der Waals surface area contributed by atoms with E-state index in [9.17, 15) is 10.5 Å². The van der Waals surface area contributed by atoms with Gasteiger partial charge in [0.25, 0.3) is 5.70 Å². The van der Waals surface area contributed by atoms with Crippen LogP contribution in [-0.2, 0) is 0 Å². The zero-order valence-electron chi connectivity index (χ0n) is 16.1. The molecule has 0 radical (unpaired) electrons. The second-order valence-corrected chi connectivity index (χ2v) is 9.47.